The number of nitrogens with two attached hydrogens (primary N) is 1. The summed E-state index contributed by atoms with van der Waals surface area (Å²) in [5, 5.41) is 15.8. The highest BCUT2D eigenvalue weighted by Gasteiger charge is 2.76. The first-order valence-electron chi connectivity index (χ1n) is 25.7. The number of aliphatic hydroxyl groups excluding tert-OH is 1. The molecule has 6 aromatic carbocycles. The summed E-state index contributed by atoms with van der Waals surface area (Å²) >= 11 is 0. The third kappa shape index (κ3) is 9.34. The molecule has 3 fully saturated rings. The summed E-state index contributed by atoms with van der Waals surface area (Å²) < 4.78 is 24.3. The highest BCUT2D eigenvalue weighted by molar-refractivity contribution is 6.24. The van der Waals surface area contributed by atoms with Gasteiger partial charge in [-0.05, 0) is 71.1 Å². The molecule has 5 heterocycles. The van der Waals surface area contributed by atoms with Gasteiger partial charge in [0.2, 0.25) is 18.6 Å². The number of primary amides is 1. The van der Waals surface area contributed by atoms with Crippen LogP contribution in [0.4, 0.5) is 15.3 Å². The summed E-state index contributed by atoms with van der Waals surface area (Å²) in [6, 6.07) is 40.6. The molecule has 77 heavy (non-hydrogen) atoms. The van der Waals surface area contributed by atoms with Gasteiger partial charge in [0.05, 0.1) is 42.9 Å². The van der Waals surface area contributed by atoms with E-state index >= 15 is 19.2 Å². The van der Waals surface area contributed by atoms with Crippen LogP contribution in [0.2, 0.25) is 0 Å². The van der Waals surface area contributed by atoms with Gasteiger partial charge in [-0.2, -0.15) is 0 Å². The van der Waals surface area contributed by atoms with Crippen molar-refractivity contribution in [3.63, 3.8) is 0 Å². The molecule has 0 radical (unpaired) electrons. The van der Waals surface area contributed by atoms with Crippen LogP contribution in [0.15, 0.2) is 152 Å². The number of para-hydroxylation sites is 1. The number of benzene rings is 6. The van der Waals surface area contributed by atoms with Crippen molar-refractivity contribution in [2.45, 2.75) is 49.2 Å². The molecule has 5 aliphatic rings. The number of urea groups is 2. The number of nitrogens with zero attached hydrogens (tertiary/aromatic N) is 4. The monoisotopic (exact) mass is 1040 g/mol. The summed E-state index contributed by atoms with van der Waals surface area (Å²) in [4.78, 5) is 83.4. The molecule has 1 spiro atoms. The lowest BCUT2D eigenvalue weighted by atomic mass is 9.64. The Morgan fingerprint density at radius 3 is 2.22 bits per heavy atom. The van der Waals surface area contributed by atoms with Gasteiger partial charge in [-0.15, -0.1) is 0 Å². The molecule has 0 unspecified atom stereocenters. The molecule has 0 aliphatic carbocycles. The van der Waals surface area contributed by atoms with Crippen LogP contribution in [0, 0.1) is 17.8 Å². The van der Waals surface area contributed by atoms with E-state index in [1.54, 1.807) is 41.3 Å². The molecule has 0 saturated carbocycles. The minimum Gasteiger partial charge on any atom is -0.491 e. The van der Waals surface area contributed by atoms with E-state index in [-0.39, 0.29) is 50.9 Å². The number of esters is 1. The summed E-state index contributed by atoms with van der Waals surface area (Å²) in [5.41, 5.74) is 7.76. The van der Waals surface area contributed by atoms with Crippen molar-refractivity contribution in [3.05, 3.63) is 191 Å². The molecule has 3 saturated heterocycles. The summed E-state index contributed by atoms with van der Waals surface area (Å²) in [6.45, 7) is 3.38. The summed E-state index contributed by atoms with van der Waals surface area (Å²) in [7, 11) is 0. The lowest BCUT2D eigenvalue weighted by molar-refractivity contribution is -0.179. The van der Waals surface area contributed by atoms with Crippen molar-refractivity contribution < 1.29 is 48.0 Å². The Kier molecular flexibility index (Phi) is 14.1. The Bertz CT molecular complexity index is 3270. The molecule has 5 aliphatic heterocycles. The molecular weight excluding hydrogens is 979 g/mol. The van der Waals surface area contributed by atoms with E-state index in [9.17, 15) is 9.90 Å². The third-order valence-electron chi connectivity index (χ3n) is 15.2. The minimum atomic E-state index is -2.10. The van der Waals surface area contributed by atoms with Gasteiger partial charge in [0.25, 0.3) is 0 Å². The Morgan fingerprint density at radius 2 is 1.49 bits per heavy atom. The number of hydrogen-bond acceptors (Lipinski definition) is 12. The van der Waals surface area contributed by atoms with E-state index in [2.05, 4.69) is 27.4 Å². The van der Waals surface area contributed by atoms with Crippen LogP contribution in [-0.4, -0.2) is 108 Å². The van der Waals surface area contributed by atoms with E-state index in [1.807, 2.05) is 127 Å². The minimum absolute atomic E-state index is 0.0936. The van der Waals surface area contributed by atoms with Gasteiger partial charge in [0.1, 0.15) is 29.9 Å². The molecule has 0 aromatic heterocycles. The Morgan fingerprint density at radius 1 is 0.805 bits per heavy atom. The van der Waals surface area contributed by atoms with Crippen LogP contribution in [0.1, 0.15) is 70.1 Å². The van der Waals surface area contributed by atoms with Crippen LogP contribution >= 0.6 is 0 Å². The molecule has 5 N–H and O–H groups in total. The average Bonchev–Trinajstić information content (AvgIpc) is 3.69. The van der Waals surface area contributed by atoms with Crippen LogP contribution in [0.3, 0.4) is 0 Å². The lowest BCUT2D eigenvalue weighted by Crippen LogP contribution is -2.59. The van der Waals surface area contributed by atoms with Gasteiger partial charge in [-0.1, -0.05) is 127 Å². The fraction of sp³-hybridized carbons (Fsp3) is 0.283. The first kappa shape index (κ1) is 50.5. The van der Waals surface area contributed by atoms with Crippen LogP contribution < -0.4 is 35.5 Å². The zero-order valence-electron chi connectivity index (χ0n) is 42.2. The molecule has 392 valence electrons. The molecular formula is C60H57N7O10. The first-order valence-corrected chi connectivity index (χ1v) is 25.7. The Labute approximate surface area is 445 Å². The van der Waals surface area contributed by atoms with Crippen molar-refractivity contribution in [2.75, 3.05) is 57.6 Å². The maximum absolute atomic E-state index is 17.0. The van der Waals surface area contributed by atoms with E-state index in [0.717, 1.165) is 21.6 Å². The largest absolute Gasteiger partial charge is 0.491 e. The second-order valence-electron chi connectivity index (χ2n) is 19.6. The second kappa shape index (κ2) is 21.5. The maximum atomic E-state index is 17.0. The number of amides is 6. The van der Waals surface area contributed by atoms with E-state index < -0.39 is 71.5 Å². The topological polar surface area (TPSA) is 206 Å². The van der Waals surface area contributed by atoms with Gasteiger partial charge in [-0.3, -0.25) is 24.2 Å². The molecule has 11 rings (SSSR count). The Hall–Kier alpha value is -8.69. The fourth-order valence-corrected chi connectivity index (χ4v) is 11.9. The average molecular weight is 1040 g/mol. The highest BCUT2D eigenvalue weighted by atomic mass is 16.7. The lowest BCUT2D eigenvalue weighted by Gasteiger charge is -2.46. The smallest absolute Gasteiger partial charge is 0.329 e. The van der Waals surface area contributed by atoms with Crippen molar-refractivity contribution in [3.8, 4) is 29.1 Å². The fourth-order valence-electron chi connectivity index (χ4n) is 11.9. The predicted molar refractivity (Wildman–Crippen MR) is 283 cm³/mol. The van der Waals surface area contributed by atoms with Gasteiger partial charge in [-0.25, -0.2) is 14.5 Å². The number of carbonyl (C=O) groups is 5. The number of fused-ring (bicyclic) bond motifs is 4. The summed E-state index contributed by atoms with van der Waals surface area (Å²) in [6.07, 6.45) is -0.960. The van der Waals surface area contributed by atoms with Crippen molar-refractivity contribution in [2.24, 2.45) is 11.7 Å². The normalized spacial score (nSPS) is 22.8. The van der Waals surface area contributed by atoms with Gasteiger partial charge >= 0.3 is 18.0 Å². The van der Waals surface area contributed by atoms with Crippen LogP contribution in [0.5, 0.6) is 17.2 Å². The number of ether oxygens (including phenoxy) is 4. The molecule has 7 atom stereocenters. The molecule has 17 nitrogen and oxygen atoms in total. The number of anilines is 1. The number of morpholine rings is 1. The van der Waals surface area contributed by atoms with Crippen molar-refractivity contribution in [1.29, 1.82) is 0 Å². The van der Waals surface area contributed by atoms with Crippen molar-refractivity contribution >= 4 is 35.5 Å². The molecule has 0 bridgehead atoms. The zero-order chi connectivity index (χ0) is 53.2. The molecule has 6 aromatic rings. The molecule has 6 amide bonds. The number of rotatable bonds is 12. The summed E-state index contributed by atoms with van der Waals surface area (Å²) in [5.74, 6) is 4.17. The van der Waals surface area contributed by atoms with Crippen molar-refractivity contribution in [1.82, 2.24) is 25.3 Å². The van der Waals surface area contributed by atoms with Crippen LogP contribution in [0.25, 0.3) is 0 Å². The van der Waals surface area contributed by atoms with Gasteiger partial charge in [0.15, 0.2) is 11.5 Å². The first-order chi connectivity index (χ1) is 37.6. The number of nitrogens with one attached hydrogen (secondary N) is 2. The van der Waals surface area contributed by atoms with E-state index in [0.29, 0.717) is 53.6 Å². The maximum Gasteiger partial charge on any atom is 0.329 e. The number of piperazine rings is 1. The number of hydrogen-bond donors (Lipinski definition) is 4. The highest BCUT2D eigenvalue weighted by Crippen LogP contribution is 2.67. The third-order valence-corrected chi connectivity index (χ3v) is 15.2. The second-order valence-corrected chi connectivity index (χ2v) is 19.6. The predicted octanol–water partition coefficient (Wildman–Crippen LogP) is 6.29. The standard InChI is InChI=1S/C60H57N7O10/c1-38(41-15-5-2-6-16-41)63-59(73)66-46-25-23-39(14-13-27-62-58(61)72)34-45(46)60(57(66)71)50(55(69)65-30-28-64(29-31-65)36-40-24-26-48-49(35-40)76-37-75-48)52-56(70)77-53(43-19-9-4-10-20-43)51(42-17-7-3-8-18-42)67(52)54(60)44-21-11-12-22-47(44)74-33-32-68/h2-12,15-26,34-35,38,50-54,68H,27-33,36-37H2,1H3,(H,63,73)(H3,61,62,72)/t38-,50-,51-,52-,53+,54+,60-/m1/s1. The van der Waals surface area contributed by atoms with Crippen LogP contribution in [-0.2, 0) is 31.1 Å². The Balaban J connectivity index is 1.13. The van der Waals surface area contributed by atoms with Gasteiger partial charge in [0, 0.05) is 43.9 Å². The quantitative estimate of drug-likeness (QED) is 0.0789. The number of carbonyl (C=O) groups excluding carboxylic acids is 5. The SMILES string of the molecule is C[C@@H](NC(=O)N1C(=O)[C@@]2(c3cc(C#CCNC(N)=O)ccc31)[C@H](c1ccccc1OCCO)N1[C@H](c3ccccc3)[C@H](c3ccccc3)OC(=O)[C@H]1[C@@H]2C(=O)N1CCN(Cc2ccc3c(c2)OCO3)CC1)c1ccccc1. The van der Waals surface area contributed by atoms with E-state index in [1.165, 1.54) is 0 Å². The zero-order valence-corrected chi connectivity index (χ0v) is 42.2. The van der Waals surface area contributed by atoms with Gasteiger partial charge < -0.3 is 45.3 Å². The molecule has 17 heteroatoms. The number of cyclic esters (lactones) is 1. The van der Waals surface area contributed by atoms with E-state index in [4.69, 9.17) is 24.7 Å². The number of imide groups is 1. The number of aliphatic hydroxyl groups is 1.